The van der Waals surface area contributed by atoms with Crippen molar-refractivity contribution in [3.63, 3.8) is 0 Å². The molecule has 10 heteroatoms. The summed E-state index contributed by atoms with van der Waals surface area (Å²) >= 11 is 0. The van der Waals surface area contributed by atoms with Crippen molar-refractivity contribution in [1.82, 2.24) is 19.5 Å². The summed E-state index contributed by atoms with van der Waals surface area (Å²) in [4.78, 5) is 24.8. The quantitative estimate of drug-likeness (QED) is 0.252. The maximum atomic E-state index is 13.7. The first-order chi connectivity index (χ1) is 18.7. The fourth-order valence-corrected chi connectivity index (χ4v) is 4.39. The Hall–Kier alpha value is -4.15. The molecule has 0 fully saturated rings. The number of carboxylic acid groups (broad SMARTS) is 1. The van der Waals surface area contributed by atoms with Gasteiger partial charge in [0.05, 0.1) is 29.3 Å². The zero-order chi connectivity index (χ0) is 27.9. The van der Waals surface area contributed by atoms with Crippen molar-refractivity contribution in [2.45, 2.75) is 57.8 Å². The smallest absolute Gasteiger partial charge is 0.227 e. The molecule has 0 saturated carbocycles. The molecule has 0 unspecified atom stereocenters. The molecule has 0 spiro atoms. The lowest BCUT2D eigenvalue weighted by Crippen LogP contribution is -2.29. The van der Waals surface area contributed by atoms with Crippen molar-refractivity contribution >= 4 is 17.6 Å². The molecule has 0 bridgehead atoms. The van der Waals surface area contributed by atoms with E-state index in [0.29, 0.717) is 35.1 Å². The van der Waals surface area contributed by atoms with E-state index in [0.717, 1.165) is 11.5 Å². The zero-order valence-corrected chi connectivity index (χ0v) is 21.8. The molecule has 0 amide bonds. The average Bonchev–Trinajstić information content (AvgIpc) is 3.28. The Labute approximate surface area is 226 Å². The standard InChI is InChI=1S/C29H32FN5O4/c1-18(2)28-34-26(19-8-10-20(30)11-9-19)27(35(28)15-13-22(36)16-23(37)17-25(38)39)24-12-14-31-29(33-24)32-21-6-4-3-5-7-21/h3-12,14,18,22-23,36-37H,13,15-17H2,1-2H3,(H,38,39)(H,31,32,33)/p-1/t22-,23-/m1/s1. The van der Waals surface area contributed by atoms with Gasteiger partial charge in [0.15, 0.2) is 0 Å². The van der Waals surface area contributed by atoms with Crippen molar-refractivity contribution in [3.8, 4) is 22.6 Å². The molecule has 0 aliphatic heterocycles. The fraction of sp³-hybridized carbons (Fsp3) is 0.310. The van der Waals surface area contributed by atoms with Crippen molar-refractivity contribution < 1.29 is 24.5 Å². The fourth-order valence-electron chi connectivity index (χ4n) is 4.39. The molecule has 0 radical (unpaired) electrons. The first-order valence-electron chi connectivity index (χ1n) is 12.8. The molecule has 4 aromatic rings. The van der Waals surface area contributed by atoms with E-state index in [4.69, 9.17) is 9.97 Å². The van der Waals surface area contributed by atoms with Gasteiger partial charge in [-0.3, -0.25) is 0 Å². The number of aliphatic hydroxyl groups is 2. The van der Waals surface area contributed by atoms with Crippen LogP contribution in [0.1, 0.15) is 44.9 Å². The summed E-state index contributed by atoms with van der Waals surface area (Å²) in [6, 6.07) is 17.3. The van der Waals surface area contributed by atoms with Gasteiger partial charge in [0.1, 0.15) is 11.6 Å². The van der Waals surface area contributed by atoms with Crippen molar-refractivity contribution in [2.24, 2.45) is 0 Å². The van der Waals surface area contributed by atoms with E-state index in [1.165, 1.54) is 12.1 Å². The van der Waals surface area contributed by atoms with Crippen LogP contribution in [0.2, 0.25) is 0 Å². The first kappa shape index (κ1) is 27.9. The van der Waals surface area contributed by atoms with Crippen molar-refractivity contribution in [2.75, 3.05) is 5.32 Å². The molecule has 2 atom stereocenters. The van der Waals surface area contributed by atoms with E-state index < -0.39 is 24.6 Å². The molecule has 39 heavy (non-hydrogen) atoms. The van der Waals surface area contributed by atoms with Gasteiger partial charge in [-0.25, -0.2) is 19.3 Å². The third kappa shape index (κ3) is 7.24. The Bertz CT molecular complexity index is 1390. The van der Waals surface area contributed by atoms with E-state index >= 15 is 0 Å². The Morgan fingerprint density at radius 2 is 1.74 bits per heavy atom. The van der Waals surface area contributed by atoms with Crippen LogP contribution in [-0.2, 0) is 11.3 Å². The molecule has 4 rings (SSSR count). The molecule has 204 valence electrons. The Balaban J connectivity index is 1.74. The number of imidazole rings is 1. The summed E-state index contributed by atoms with van der Waals surface area (Å²) in [5, 5.41) is 34.5. The van der Waals surface area contributed by atoms with Gasteiger partial charge < -0.3 is 30.0 Å². The lowest BCUT2D eigenvalue weighted by atomic mass is 10.1. The lowest BCUT2D eigenvalue weighted by Gasteiger charge is -2.19. The monoisotopic (exact) mass is 532 g/mol. The van der Waals surface area contributed by atoms with Gasteiger partial charge in [-0.1, -0.05) is 32.0 Å². The van der Waals surface area contributed by atoms with Crippen molar-refractivity contribution in [1.29, 1.82) is 0 Å². The number of benzene rings is 2. The van der Waals surface area contributed by atoms with E-state index in [2.05, 4.69) is 10.3 Å². The molecule has 9 nitrogen and oxygen atoms in total. The largest absolute Gasteiger partial charge is 0.550 e. The average molecular weight is 533 g/mol. The summed E-state index contributed by atoms with van der Waals surface area (Å²) < 4.78 is 15.7. The highest BCUT2D eigenvalue weighted by molar-refractivity contribution is 5.78. The second kappa shape index (κ2) is 12.6. The highest BCUT2D eigenvalue weighted by atomic mass is 19.1. The minimum Gasteiger partial charge on any atom is -0.550 e. The maximum Gasteiger partial charge on any atom is 0.227 e. The van der Waals surface area contributed by atoms with Crippen LogP contribution in [-0.4, -0.2) is 47.9 Å². The van der Waals surface area contributed by atoms with Gasteiger partial charge in [0, 0.05) is 42.3 Å². The third-order valence-corrected chi connectivity index (χ3v) is 6.19. The number of aliphatic hydroxyl groups excluding tert-OH is 2. The van der Waals surface area contributed by atoms with Crippen LogP contribution in [0.3, 0.4) is 0 Å². The van der Waals surface area contributed by atoms with Crippen molar-refractivity contribution in [3.05, 3.63) is 78.5 Å². The summed E-state index contributed by atoms with van der Waals surface area (Å²) in [7, 11) is 0. The number of halogens is 1. The lowest BCUT2D eigenvalue weighted by molar-refractivity contribution is -0.307. The molecule has 2 aromatic heterocycles. The maximum absolute atomic E-state index is 13.7. The van der Waals surface area contributed by atoms with E-state index in [9.17, 15) is 24.5 Å². The Morgan fingerprint density at radius 1 is 1.03 bits per heavy atom. The number of nitrogens with one attached hydrogen (secondary N) is 1. The van der Waals surface area contributed by atoms with Crippen LogP contribution >= 0.6 is 0 Å². The van der Waals surface area contributed by atoms with E-state index in [1.54, 1.807) is 24.4 Å². The number of para-hydroxylation sites is 1. The predicted octanol–water partition coefficient (Wildman–Crippen LogP) is 3.66. The second-order valence-electron chi connectivity index (χ2n) is 9.65. The molecule has 2 aromatic carbocycles. The van der Waals surface area contributed by atoms with Gasteiger partial charge in [-0.2, -0.15) is 0 Å². The van der Waals surface area contributed by atoms with Gasteiger partial charge in [0.2, 0.25) is 5.95 Å². The molecule has 0 saturated heterocycles. The van der Waals surface area contributed by atoms with Crippen LogP contribution in [0.25, 0.3) is 22.6 Å². The number of aromatic nitrogens is 4. The van der Waals surface area contributed by atoms with Crippen LogP contribution in [0, 0.1) is 5.82 Å². The highest BCUT2D eigenvalue weighted by Crippen LogP contribution is 2.35. The van der Waals surface area contributed by atoms with Crippen LogP contribution < -0.4 is 10.4 Å². The number of hydrogen-bond acceptors (Lipinski definition) is 8. The normalized spacial score (nSPS) is 12.9. The van der Waals surface area contributed by atoms with Gasteiger partial charge in [0.25, 0.3) is 0 Å². The highest BCUT2D eigenvalue weighted by Gasteiger charge is 2.24. The van der Waals surface area contributed by atoms with Gasteiger partial charge in [-0.15, -0.1) is 0 Å². The third-order valence-electron chi connectivity index (χ3n) is 6.19. The SMILES string of the molecule is CC(C)c1nc(-c2ccc(F)cc2)c(-c2ccnc(Nc3ccccc3)n2)n1CC[C@@H](O)C[C@@H](O)CC(=O)[O-]. The van der Waals surface area contributed by atoms with Crippen LogP contribution in [0.15, 0.2) is 66.9 Å². The molecule has 2 heterocycles. The zero-order valence-electron chi connectivity index (χ0n) is 21.8. The summed E-state index contributed by atoms with van der Waals surface area (Å²) in [6.07, 6.45) is -0.934. The molecule has 0 aliphatic rings. The molecule has 3 N–H and O–H groups in total. The van der Waals surface area contributed by atoms with E-state index in [-0.39, 0.29) is 24.6 Å². The summed E-state index contributed by atoms with van der Waals surface area (Å²) in [5.74, 6) is -0.613. The van der Waals surface area contributed by atoms with E-state index in [1.807, 2.05) is 48.7 Å². The molecule has 0 aliphatic carbocycles. The topological polar surface area (TPSA) is 136 Å². The number of carbonyl (C=O) groups is 1. The Morgan fingerprint density at radius 3 is 2.41 bits per heavy atom. The molecular weight excluding hydrogens is 501 g/mol. The second-order valence-corrected chi connectivity index (χ2v) is 9.65. The van der Waals surface area contributed by atoms with Gasteiger partial charge >= 0.3 is 0 Å². The minimum absolute atomic E-state index is 0.00233. The number of carboxylic acids is 1. The van der Waals surface area contributed by atoms with Gasteiger partial charge in [-0.05, 0) is 55.3 Å². The number of hydrogen-bond donors (Lipinski definition) is 3. The number of anilines is 2. The number of rotatable bonds is 12. The van der Waals surface area contributed by atoms with Crippen LogP contribution in [0.5, 0.6) is 0 Å². The Kier molecular flexibility index (Phi) is 9.00. The number of nitrogens with zero attached hydrogens (tertiary/aromatic N) is 4. The molecular formula is C29H31FN5O4-. The summed E-state index contributed by atoms with van der Waals surface area (Å²) in [6.45, 7) is 4.32. The van der Waals surface area contributed by atoms with Crippen LogP contribution in [0.4, 0.5) is 16.0 Å². The predicted molar refractivity (Wildman–Crippen MR) is 143 cm³/mol. The minimum atomic E-state index is -1.37. The number of aliphatic carboxylic acids is 1. The first-order valence-corrected chi connectivity index (χ1v) is 12.8. The summed E-state index contributed by atoms with van der Waals surface area (Å²) in [5.41, 5.74) is 3.38. The number of carbonyl (C=O) groups excluding carboxylic acids is 1.